The summed E-state index contributed by atoms with van der Waals surface area (Å²) in [5.74, 6) is 1.21. The molecule has 1 fully saturated rings. The summed E-state index contributed by atoms with van der Waals surface area (Å²) in [6, 6.07) is 16.3. The van der Waals surface area contributed by atoms with Crippen molar-refractivity contribution in [2.75, 3.05) is 49.2 Å². The summed E-state index contributed by atoms with van der Waals surface area (Å²) in [5, 5.41) is 10.2. The molecule has 0 radical (unpaired) electrons. The number of hydrogen-bond donors (Lipinski definition) is 3. The Morgan fingerprint density at radius 3 is 2.73 bits per heavy atom. The van der Waals surface area contributed by atoms with Gasteiger partial charge in [0.2, 0.25) is 5.91 Å². The lowest BCUT2D eigenvalue weighted by Gasteiger charge is -2.32. The molecule has 7 rings (SSSR count). The van der Waals surface area contributed by atoms with E-state index >= 15 is 0 Å². The highest BCUT2D eigenvalue weighted by Gasteiger charge is 2.24. The maximum absolute atomic E-state index is 11.5. The molecule has 1 aliphatic rings. The smallest absolute Gasteiger partial charge is 0.223 e. The van der Waals surface area contributed by atoms with Crippen LogP contribution in [0, 0.1) is 0 Å². The first-order chi connectivity index (χ1) is 19.9. The van der Waals surface area contributed by atoms with Gasteiger partial charge < -0.3 is 20.9 Å². The molecule has 0 bridgehead atoms. The Balaban J connectivity index is 1.34. The van der Waals surface area contributed by atoms with Crippen LogP contribution in [0.15, 0.2) is 54.9 Å². The molecule has 0 unspecified atom stereocenters. The van der Waals surface area contributed by atoms with E-state index in [1.807, 2.05) is 35.0 Å². The van der Waals surface area contributed by atoms with Crippen LogP contribution in [-0.2, 0) is 11.3 Å². The number of benzene rings is 2. The van der Waals surface area contributed by atoms with Crippen LogP contribution in [0.1, 0.15) is 12.5 Å². The Bertz CT molecular complexity index is 1940. The van der Waals surface area contributed by atoms with E-state index in [1.54, 1.807) is 0 Å². The molecule has 0 atom stereocenters. The van der Waals surface area contributed by atoms with Gasteiger partial charge in [0.25, 0.3) is 0 Å². The van der Waals surface area contributed by atoms with Gasteiger partial charge in [-0.2, -0.15) is 5.10 Å². The lowest BCUT2D eigenvalue weighted by atomic mass is 10.1. The third-order valence-electron chi connectivity index (χ3n) is 7.52. The summed E-state index contributed by atoms with van der Waals surface area (Å²) >= 11 is 1.42. The van der Waals surface area contributed by atoms with E-state index < -0.39 is 0 Å². The number of nitrogen functional groups attached to an aromatic ring is 1. The highest BCUT2D eigenvalue weighted by atomic mass is 32.1. The van der Waals surface area contributed by atoms with Crippen LogP contribution in [0.4, 0.5) is 16.8 Å². The molecule has 6 aromatic rings. The second-order valence-corrected chi connectivity index (χ2v) is 11.5. The molecular weight excluding hydrogens is 536 g/mol. The van der Waals surface area contributed by atoms with Gasteiger partial charge in [0.15, 0.2) is 10.8 Å². The molecule has 11 nitrogen and oxygen atoms in total. The van der Waals surface area contributed by atoms with Crippen molar-refractivity contribution < 1.29 is 9.69 Å². The number of thiazole rings is 1. The fourth-order valence-corrected chi connectivity index (χ4v) is 6.37. The lowest BCUT2D eigenvalue weighted by Crippen LogP contribution is -3.12. The second-order valence-electron chi connectivity index (χ2n) is 10.5. The normalized spacial score (nSPS) is 14.3. The van der Waals surface area contributed by atoms with E-state index in [9.17, 15) is 4.79 Å². The largest absolute Gasteiger partial charge is 0.383 e. The van der Waals surface area contributed by atoms with Crippen molar-refractivity contribution in [2.24, 2.45) is 0 Å². The number of rotatable bonds is 5. The highest BCUT2D eigenvalue weighted by Crippen LogP contribution is 2.35. The number of para-hydroxylation sites is 1. The second kappa shape index (κ2) is 10.1. The summed E-state index contributed by atoms with van der Waals surface area (Å²) in [5.41, 5.74) is 11.5. The van der Waals surface area contributed by atoms with Crippen molar-refractivity contribution in [1.82, 2.24) is 29.7 Å². The van der Waals surface area contributed by atoms with E-state index in [0.717, 1.165) is 64.2 Å². The molecule has 206 valence electrons. The molecule has 1 amide bonds. The van der Waals surface area contributed by atoms with Crippen molar-refractivity contribution >= 4 is 66.2 Å². The molecule has 0 saturated carbocycles. The van der Waals surface area contributed by atoms with Gasteiger partial charge in [-0.15, -0.1) is 0 Å². The lowest BCUT2D eigenvalue weighted by molar-refractivity contribution is -0.880. The third kappa shape index (κ3) is 4.70. The summed E-state index contributed by atoms with van der Waals surface area (Å²) in [4.78, 5) is 34.0. The number of amides is 1. The molecule has 4 aromatic heterocycles. The van der Waals surface area contributed by atoms with Crippen LogP contribution in [0.5, 0.6) is 0 Å². The number of nitrogens with zero attached hydrogens (tertiary/aromatic N) is 7. The number of anilines is 3. The zero-order valence-corrected chi connectivity index (χ0v) is 23.6. The Morgan fingerprint density at radius 1 is 1.07 bits per heavy atom. The molecule has 0 spiro atoms. The molecular formula is C29H29N10OS+. The number of carbonyl (C=O) groups excluding carboxylic acids is 1. The Morgan fingerprint density at radius 2 is 1.90 bits per heavy atom. The predicted octanol–water partition coefficient (Wildman–Crippen LogP) is 2.57. The van der Waals surface area contributed by atoms with Crippen LogP contribution in [0.2, 0.25) is 0 Å². The van der Waals surface area contributed by atoms with Gasteiger partial charge in [-0.25, -0.2) is 24.6 Å². The van der Waals surface area contributed by atoms with Crippen LogP contribution >= 0.6 is 11.3 Å². The number of quaternary nitrogens is 1. The highest BCUT2D eigenvalue weighted by molar-refractivity contribution is 7.22. The first-order valence-corrected chi connectivity index (χ1v) is 14.3. The van der Waals surface area contributed by atoms with E-state index in [1.165, 1.54) is 29.5 Å². The fraction of sp³-hybridized carbons (Fsp3) is 0.241. The SMILES string of the molecule is CC(=O)Nc1nc2ccc(-c3nn(Cc4cc5ccccc5nc4N4CC[NH+](C)CC4)c4ncnc(N)c34)cc2s1. The van der Waals surface area contributed by atoms with Gasteiger partial charge in [0.05, 0.1) is 60.9 Å². The number of piperazine rings is 1. The average molecular weight is 566 g/mol. The zero-order valence-electron chi connectivity index (χ0n) is 22.8. The summed E-state index contributed by atoms with van der Waals surface area (Å²) in [7, 11) is 2.23. The number of fused-ring (bicyclic) bond motifs is 3. The van der Waals surface area contributed by atoms with Crippen LogP contribution in [-0.4, -0.2) is 68.9 Å². The van der Waals surface area contributed by atoms with Gasteiger partial charge >= 0.3 is 0 Å². The monoisotopic (exact) mass is 565 g/mol. The molecule has 41 heavy (non-hydrogen) atoms. The van der Waals surface area contributed by atoms with Crippen molar-refractivity contribution in [1.29, 1.82) is 0 Å². The minimum Gasteiger partial charge on any atom is -0.383 e. The van der Waals surface area contributed by atoms with E-state index in [2.05, 4.69) is 50.4 Å². The summed E-state index contributed by atoms with van der Waals surface area (Å²) < 4.78 is 2.83. The predicted molar refractivity (Wildman–Crippen MR) is 162 cm³/mol. The fourth-order valence-electron chi connectivity index (χ4n) is 5.42. The van der Waals surface area contributed by atoms with Gasteiger partial charge in [-0.05, 0) is 24.3 Å². The maximum atomic E-state index is 11.5. The topological polar surface area (TPSA) is 132 Å². The number of aromatic nitrogens is 6. The van der Waals surface area contributed by atoms with Gasteiger partial charge in [0.1, 0.15) is 23.7 Å². The summed E-state index contributed by atoms with van der Waals surface area (Å²) in [6.07, 6.45) is 1.48. The first kappa shape index (κ1) is 25.3. The quantitative estimate of drug-likeness (QED) is 0.291. The number of carbonyl (C=O) groups is 1. The van der Waals surface area contributed by atoms with E-state index in [4.69, 9.17) is 15.8 Å². The van der Waals surface area contributed by atoms with Crippen molar-refractivity contribution in [3.63, 3.8) is 0 Å². The number of likely N-dealkylation sites (N-methyl/N-ethyl adjacent to an activating group) is 1. The maximum Gasteiger partial charge on any atom is 0.223 e. The minimum absolute atomic E-state index is 0.153. The third-order valence-corrected chi connectivity index (χ3v) is 8.45. The van der Waals surface area contributed by atoms with Gasteiger partial charge in [-0.3, -0.25) is 4.79 Å². The Hall–Kier alpha value is -4.68. The zero-order chi connectivity index (χ0) is 28.1. The standard InChI is InChI=1S/C29H28N10OS/c1-17(40)33-29-35-22-8-7-19(14-23(22)41-29)25-24-26(30)31-16-32-28(24)39(36-25)15-20-13-18-5-3-4-6-21(18)34-27(20)38-11-9-37(2)10-12-38/h3-8,13-14,16H,9-12,15H2,1-2H3,(H2,30,31,32)(H,33,35,40)/p+1. The van der Waals surface area contributed by atoms with E-state index in [-0.39, 0.29) is 5.91 Å². The Kier molecular flexibility index (Phi) is 6.20. The summed E-state index contributed by atoms with van der Waals surface area (Å²) in [6.45, 7) is 5.97. The number of nitrogens with two attached hydrogens (primary N) is 1. The molecule has 0 aliphatic carbocycles. The molecule has 1 saturated heterocycles. The molecule has 2 aromatic carbocycles. The first-order valence-electron chi connectivity index (χ1n) is 13.5. The van der Waals surface area contributed by atoms with Crippen LogP contribution < -0.4 is 20.9 Å². The van der Waals surface area contributed by atoms with Crippen molar-refractivity contribution in [3.05, 3.63) is 60.4 Å². The van der Waals surface area contributed by atoms with Crippen molar-refractivity contribution in [3.8, 4) is 11.3 Å². The number of nitrogens with one attached hydrogen (secondary N) is 2. The number of pyridine rings is 1. The Labute approximate surface area is 239 Å². The molecule has 12 heteroatoms. The molecule has 5 heterocycles. The van der Waals surface area contributed by atoms with Crippen LogP contribution in [0.25, 0.3) is 43.4 Å². The van der Waals surface area contributed by atoms with Gasteiger partial charge in [0, 0.05) is 23.4 Å². The van der Waals surface area contributed by atoms with Gasteiger partial charge in [-0.1, -0.05) is 35.6 Å². The van der Waals surface area contributed by atoms with Crippen molar-refractivity contribution in [2.45, 2.75) is 13.5 Å². The average Bonchev–Trinajstić information content (AvgIpc) is 3.54. The van der Waals surface area contributed by atoms with E-state index in [0.29, 0.717) is 34.2 Å². The minimum atomic E-state index is -0.153. The molecule has 4 N–H and O–H groups in total. The van der Waals surface area contributed by atoms with Crippen LogP contribution in [0.3, 0.4) is 0 Å². The molecule has 1 aliphatic heterocycles. The number of hydrogen-bond acceptors (Lipinski definition) is 9.